The molecule has 0 amide bonds. The maximum Gasteiger partial charge on any atom is 0.416 e. The highest BCUT2D eigenvalue weighted by Crippen LogP contribution is 2.70. The molecule has 1 aromatic carbocycles. The molecule has 4 atom stereocenters. The standard InChI is InChI=1S/C19H15F6NO2/c20-18(21,22)7-3-8(19(23,24)25)5-9(4-7)26-16(27)14-10-1-2-11(13-6-12(10)13)15(14)17(26)28/h3-5,10-13,27-28H,1-2,6H2/t10-,11+,12+,13-. The Morgan fingerprint density at radius 2 is 1.18 bits per heavy atom. The molecule has 2 bridgehead atoms. The Labute approximate surface area is 155 Å². The lowest BCUT2D eigenvalue weighted by Crippen LogP contribution is -2.22. The quantitative estimate of drug-likeness (QED) is 0.615. The number of nitrogens with zero attached hydrogens (tertiary/aromatic N) is 1. The summed E-state index contributed by atoms with van der Waals surface area (Å²) in [6.07, 6.45) is -7.44. The highest BCUT2D eigenvalue weighted by molar-refractivity contribution is 5.60. The largest absolute Gasteiger partial charge is 0.494 e. The van der Waals surface area contributed by atoms with Crippen LogP contribution in [0.15, 0.2) is 18.2 Å². The van der Waals surface area contributed by atoms with Crippen LogP contribution in [0.25, 0.3) is 5.69 Å². The summed E-state index contributed by atoms with van der Waals surface area (Å²) >= 11 is 0. The van der Waals surface area contributed by atoms with E-state index < -0.39 is 40.9 Å². The van der Waals surface area contributed by atoms with Gasteiger partial charge in [-0.25, -0.2) is 0 Å². The van der Waals surface area contributed by atoms with Crippen molar-refractivity contribution < 1.29 is 36.6 Å². The van der Waals surface area contributed by atoms with Gasteiger partial charge in [0, 0.05) is 11.1 Å². The number of aromatic hydroxyl groups is 2. The molecule has 2 aromatic rings. The van der Waals surface area contributed by atoms with Gasteiger partial charge in [-0.1, -0.05) is 0 Å². The molecule has 0 saturated heterocycles. The van der Waals surface area contributed by atoms with E-state index in [9.17, 15) is 36.6 Å². The smallest absolute Gasteiger partial charge is 0.416 e. The van der Waals surface area contributed by atoms with Gasteiger partial charge in [-0.05, 0) is 61.1 Å². The van der Waals surface area contributed by atoms with Crippen LogP contribution in [0.1, 0.15) is 53.4 Å². The van der Waals surface area contributed by atoms with Gasteiger partial charge in [-0.3, -0.25) is 4.57 Å². The lowest BCUT2D eigenvalue weighted by atomic mass is 9.68. The third-order valence-corrected chi connectivity index (χ3v) is 6.48. The second-order valence-corrected chi connectivity index (χ2v) is 7.93. The lowest BCUT2D eigenvalue weighted by Gasteiger charge is -2.35. The number of aromatic nitrogens is 1. The van der Waals surface area contributed by atoms with E-state index in [-0.39, 0.29) is 17.9 Å². The predicted octanol–water partition coefficient (Wildman–Crippen LogP) is 5.54. The molecule has 0 unspecified atom stereocenters. The van der Waals surface area contributed by atoms with Crippen LogP contribution in [0.3, 0.4) is 0 Å². The molecule has 4 aliphatic carbocycles. The van der Waals surface area contributed by atoms with E-state index in [1.165, 1.54) is 0 Å². The highest BCUT2D eigenvalue weighted by atomic mass is 19.4. The zero-order valence-corrected chi connectivity index (χ0v) is 14.3. The Hall–Kier alpha value is -2.32. The molecule has 9 heteroatoms. The number of hydrogen-bond acceptors (Lipinski definition) is 2. The van der Waals surface area contributed by atoms with Crippen LogP contribution in [0.5, 0.6) is 11.8 Å². The Balaban J connectivity index is 1.73. The van der Waals surface area contributed by atoms with Crippen molar-refractivity contribution in [2.75, 3.05) is 0 Å². The first-order chi connectivity index (χ1) is 13.0. The summed E-state index contributed by atoms with van der Waals surface area (Å²) in [4.78, 5) is 0. The van der Waals surface area contributed by atoms with Crippen LogP contribution in [0, 0.1) is 11.8 Å². The maximum absolute atomic E-state index is 13.2. The number of fused-ring (bicyclic) bond motifs is 1. The molecule has 150 valence electrons. The second-order valence-electron chi connectivity index (χ2n) is 7.93. The topological polar surface area (TPSA) is 45.4 Å². The summed E-state index contributed by atoms with van der Waals surface area (Å²) in [5.74, 6) is -0.186. The van der Waals surface area contributed by atoms with Crippen molar-refractivity contribution >= 4 is 0 Å². The molecule has 1 aromatic heterocycles. The molecule has 0 aliphatic heterocycles. The van der Waals surface area contributed by atoms with Crippen LogP contribution in [0.2, 0.25) is 0 Å². The number of benzene rings is 1. The molecule has 28 heavy (non-hydrogen) atoms. The van der Waals surface area contributed by atoms with E-state index in [1.807, 2.05) is 0 Å². The highest BCUT2D eigenvalue weighted by Gasteiger charge is 2.59. The van der Waals surface area contributed by atoms with Crippen molar-refractivity contribution in [3.63, 3.8) is 0 Å². The second kappa shape index (κ2) is 5.18. The van der Waals surface area contributed by atoms with Crippen LogP contribution in [-0.2, 0) is 12.4 Å². The van der Waals surface area contributed by atoms with Crippen molar-refractivity contribution in [3.05, 3.63) is 40.5 Å². The summed E-state index contributed by atoms with van der Waals surface area (Å²) in [6, 6.07) is 1.06. The molecule has 2 N–H and O–H groups in total. The van der Waals surface area contributed by atoms with Gasteiger partial charge < -0.3 is 10.2 Å². The third-order valence-electron chi connectivity index (χ3n) is 6.48. The van der Waals surface area contributed by atoms with Gasteiger partial charge in [0.15, 0.2) is 0 Å². The lowest BCUT2D eigenvalue weighted by molar-refractivity contribution is -0.143. The molecule has 4 aliphatic rings. The van der Waals surface area contributed by atoms with Crippen molar-refractivity contribution in [1.82, 2.24) is 4.57 Å². The fourth-order valence-electron chi connectivity index (χ4n) is 5.29. The number of halogens is 6. The molecular weight excluding hydrogens is 388 g/mol. The van der Waals surface area contributed by atoms with Crippen LogP contribution in [-0.4, -0.2) is 14.8 Å². The zero-order valence-electron chi connectivity index (χ0n) is 14.3. The van der Waals surface area contributed by atoms with Gasteiger partial charge >= 0.3 is 12.4 Å². The van der Waals surface area contributed by atoms with Crippen LogP contribution >= 0.6 is 0 Å². The number of hydrogen-bond donors (Lipinski definition) is 2. The fourth-order valence-corrected chi connectivity index (χ4v) is 5.29. The normalized spacial score (nSPS) is 28.2. The Morgan fingerprint density at radius 3 is 1.57 bits per heavy atom. The minimum Gasteiger partial charge on any atom is -0.494 e. The summed E-state index contributed by atoms with van der Waals surface area (Å²) < 4.78 is 79.7. The van der Waals surface area contributed by atoms with Gasteiger partial charge in [-0.2, -0.15) is 26.3 Å². The van der Waals surface area contributed by atoms with E-state index >= 15 is 0 Å². The summed E-state index contributed by atoms with van der Waals surface area (Å²) in [5.41, 5.74) is -2.57. The van der Waals surface area contributed by atoms with Crippen molar-refractivity contribution in [3.8, 4) is 17.4 Å². The Bertz CT molecular complexity index is 918. The maximum atomic E-state index is 13.2. The Kier molecular flexibility index (Phi) is 3.29. The monoisotopic (exact) mass is 403 g/mol. The molecule has 0 radical (unpaired) electrons. The zero-order chi connectivity index (χ0) is 20.2. The van der Waals surface area contributed by atoms with Crippen LogP contribution in [0.4, 0.5) is 26.3 Å². The first kappa shape index (κ1) is 17.8. The Morgan fingerprint density at radius 1 is 0.750 bits per heavy atom. The van der Waals surface area contributed by atoms with Crippen molar-refractivity contribution in [1.29, 1.82) is 0 Å². The third kappa shape index (κ3) is 2.31. The fraction of sp³-hybridized carbons (Fsp3) is 0.474. The van der Waals surface area contributed by atoms with E-state index in [0.29, 0.717) is 35.1 Å². The van der Waals surface area contributed by atoms with E-state index in [0.717, 1.165) is 23.8 Å². The van der Waals surface area contributed by atoms with E-state index in [2.05, 4.69) is 0 Å². The van der Waals surface area contributed by atoms with E-state index in [1.54, 1.807) is 0 Å². The summed E-state index contributed by atoms with van der Waals surface area (Å²) in [6.45, 7) is 0. The molecular formula is C19H15F6NO2. The molecule has 0 spiro atoms. The average molecular weight is 403 g/mol. The van der Waals surface area contributed by atoms with E-state index in [4.69, 9.17) is 0 Å². The molecule has 6 rings (SSSR count). The number of alkyl halides is 6. The minimum absolute atomic E-state index is 0.00923. The van der Waals surface area contributed by atoms with Gasteiger partial charge in [0.25, 0.3) is 0 Å². The van der Waals surface area contributed by atoms with Gasteiger partial charge in [0.1, 0.15) is 0 Å². The van der Waals surface area contributed by atoms with Crippen molar-refractivity contribution in [2.24, 2.45) is 11.8 Å². The van der Waals surface area contributed by atoms with Crippen molar-refractivity contribution in [2.45, 2.75) is 43.5 Å². The molecule has 2 saturated carbocycles. The molecule has 2 fully saturated rings. The molecule has 3 nitrogen and oxygen atoms in total. The van der Waals surface area contributed by atoms with Gasteiger partial charge in [-0.15, -0.1) is 0 Å². The summed E-state index contributed by atoms with van der Waals surface area (Å²) in [5, 5.41) is 21.4. The van der Waals surface area contributed by atoms with Crippen LogP contribution < -0.4 is 0 Å². The van der Waals surface area contributed by atoms with Gasteiger partial charge in [0.2, 0.25) is 11.8 Å². The molecule has 1 heterocycles. The number of rotatable bonds is 1. The summed E-state index contributed by atoms with van der Waals surface area (Å²) in [7, 11) is 0. The SMILES string of the molecule is Oc1c2c(c(O)n1-c1cc(C(F)(F)F)cc(C(F)(F)F)c1)[C@@H]1CC[C@H]2[C@H]2C[C@H]21. The minimum atomic E-state index is -5.01. The first-order valence-electron chi connectivity index (χ1n) is 8.94. The average Bonchev–Trinajstić information content (AvgIpc) is 3.37. The first-order valence-corrected chi connectivity index (χ1v) is 8.94. The van der Waals surface area contributed by atoms with Gasteiger partial charge in [0.05, 0.1) is 16.8 Å². The predicted molar refractivity (Wildman–Crippen MR) is 85.4 cm³/mol.